The summed E-state index contributed by atoms with van der Waals surface area (Å²) >= 11 is 1.65. The van der Waals surface area contributed by atoms with Gasteiger partial charge in [-0.15, -0.1) is 11.8 Å². The maximum absolute atomic E-state index is 7.37. The average Bonchev–Trinajstić information content (AvgIpc) is 3.41. The minimum Gasteiger partial charge on any atom is -0.374 e. The molecule has 0 bridgehead atoms. The topological polar surface area (TPSA) is 102 Å². The summed E-state index contributed by atoms with van der Waals surface area (Å²) in [5.74, 6) is -0.574. The highest BCUT2D eigenvalue weighted by Gasteiger charge is 2.54. The second-order valence-corrected chi connectivity index (χ2v) is 19.8. The van der Waals surface area contributed by atoms with Crippen LogP contribution in [0.2, 0.25) is 0 Å². The van der Waals surface area contributed by atoms with E-state index in [1.807, 2.05) is 159 Å². The Bertz CT molecular complexity index is 2390. The van der Waals surface area contributed by atoms with Gasteiger partial charge < -0.3 is 52.1 Å². The summed E-state index contributed by atoms with van der Waals surface area (Å²) in [6.07, 6.45) is -6.19. The summed E-state index contributed by atoms with van der Waals surface area (Å²) in [6.45, 7) is 8.36. The molecule has 0 radical (unpaired) electrons. The number of hydrogen-bond acceptors (Lipinski definition) is 12. The fraction of sp³-hybridized carbons (Fsp3) is 0.400. The van der Waals surface area contributed by atoms with Gasteiger partial charge in [-0.1, -0.05) is 189 Å². The van der Waals surface area contributed by atoms with Gasteiger partial charge in [-0.3, -0.25) is 0 Å². The maximum Gasteiger partial charge on any atom is 0.186 e. The zero-order valence-electron chi connectivity index (χ0n) is 41.9. The van der Waals surface area contributed by atoms with E-state index >= 15 is 0 Å². The molecule has 0 aromatic heterocycles. The smallest absolute Gasteiger partial charge is 0.186 e. The fourth-order valence-electron chi connectivity index (χ4n) is 9.02. The lowest BCUT2D eigenvalue weighted by Gasteiger charge is -2.50. The Balaban J connectivity index is 1.12. The molecule has 0 unspecified atom stereocenters. The van der Waals surface area contributed by atoms with Gasteiger partial charge in [0, 0.05) is 7.11 Å². The van der Waals surface area contributed by atoms with Crippen LogP contribution < -0.4 is 0 Å². The molecule has 8 rings (SSSR count). The average molecular weight is 999 g/mol. The van der Waals surface area contributed by atoms with Crippen molar-refractivity contribution in [2.75, 3.05) is 26.1 Å². The van der Waals surface area contributed by atoms with Gasteiger partial charge in [0.25, 0.3) is 0 Å². The second kappa shape index (κ2) is 28.1. The lowest BCUT2D eigenvalue weighted by atomic mass is 9.97. The summed E-state index contributed by atoms with van der Waals surface area (Å²) in [5.41, 5.74) is 5.62. The predicted octanol–water partition coefficient (Wildman–Crippen LogP) is 11.1. The zero-order chi connectivity index (χ0) is 49.8. The van der Waals surface area contributed by atoms with Crippen molar-refractivity contribution in [3.63, 3.8) is 0 Å². The molecule has 11 nitrogen and oxygen atoms in total. The van der Waals surface area contributed by atoms with Crippen LogP contribution in [0.4, 0.5) is 0 Å². The molecule has 0 saturated carbocycles. The third kappa shape index (κ3) is 15.9. The SMILES string of the molecule is CCS[C@H]1O[C@H](COCc2ccccc2)[C@@H](OCc2ccccc2)[C@H](OCc2ccccc2)[C@@H]1OC(C)(C)O[C@H]1[C@H](OCc2ccccc2)[C@@H](OCc2ccccc2)[C@@H](OC)O[C@@H]1COCc1ccccc1. The first-order chi connectivity index (χ1) is 35.4. The molecular formula is C60H70O11S. The Morgan fingerprint density at radius 2 is 0.736 bits per heavy atom. The molecule has 0 spiro atoms. The number of rotatable bonds is 27. The van der Waals surface area contributed by atoms with Crippen molar-refractivity contribution >= 4 is 11.8 Å². The van der Waals surface area contributed by atoms with Crippen LogP contribution in [-0.4, -0.2) is 92.4 Å². The first-order valence-corrected chi connectivity index (χ1v) is 26.1. The molecule has 72 heavy (non-hydrogen) atoms. The summed E-state index contributed by atoms with van der Waals surface area (Å²) in [7, 11) is 1.62. The number of ether oxygens (including phenoxy) is 11. The molecule has 0 N–H and O–H groups in total. The van der Waals surface area contributed by atoms with Crippen LogP contribution in [-0.2, 0) is 91.7 Å². The number of thioether (sulfide) groups is 1. The molecule has 12 heteroatoms. The molecule has 0 aliphatic carbocycles. The summed E-state index contributed by atoms with van der Waals surface area (Å²) in [5, 5.41) is 0. The van der Waals surface area contributed by atoms with Crippen molar-refractivity contribution in [2.45, 2.75) is 127 Å². The molecule has 0 amide bonds. The molecule has 2 heterocycles. The molecule has 382 valence electrons. The van der Waals surface area contributed by atoms with Gasteiger partial charge in [0.1, 0.15) is 54.3 Å². The third-order valence-corrected chi connectivity index (χ3v) is 13.6. The van der Waals surface area contributed by atoms with Gasteiger partial charge in [0.2, 0.25) is 0 Å². The van der Waals surface area contributed by atoms with Crippen LogP contribution in [0.15, 0.2) is 182 Å². The fourth-order valence-corrected chi connectivity index (χ4v) is 9.97. The Kier molecular flexibility index (Phi) is 20.9. The van der Waals surface area contributed by atoms with E-state index in [9.17, 15) is 0 Å². The van der Waals surface area contributed by atoms with Gasteiger partial charge in [0.05, 0.1) is 52.9 Å². The van der Waals surface area contributed by atoms with Crippen molar-refractivity contribution in [3.8, 4) is 0 Å². The summed E-state index contributed by atoms with van der Waals surface area (Å²) in [6, 6.07) is 60.6. The number of benzene rings is 6. The normalized spacial score (nSPS) is 24.5. The van der Waals surface area contributed by atoms with E-state index in [1.54, 1.807) is 18.9 Å². The quantitative estimate of drug-likeness (QED) is 0.0459. The van der Waals surface area contributed by atoms with Gasteiger partial charge in [-0.25, -0.2) is 0 Å². The standard InChI is InChI=1S/C60H70O11S/c1-5-72-59-57(54(65-39-47-30-18-9-19-31-47)52(64-38-46-28-16-8-17-29-46)50(69-59)42-62-36-44-24-12-6-13-25-44)71-60(2,3)70-53-51(43-63-37-45-26-14-7-15-27-45)68-58(61-4)56(67-41-49-34-22-11-23-35-49)55(53)66-40-48-32-20-10-21-33-48/h6-35,50-59H,5,36-43H2,1-4H3/t50-,51-,52-,53-,54+,55+,56-,57+,58+,59-/m1/s1. The highest BCUT2D eigenvalue weighted by atomic mass is 32.2. The van der Waals surface area contributed by atoms with Crippen LogP contribution in [0.25, 0.3) is 0 Å². The Morgan fingerprint density at radius 1 is 0.403 bits per heavy atom. The molecule has 2 fully saturated rings. The monoisotopic (exact) mass is 998 g/mol. The van der Waals surface area contributed by atoms with Crippen LogP contribution >= 0.6 is 11.8 Å². The van der Waals surface area contributed by atoms with E-state index in [0.29, 0.717) is 26.4 Å². The van der Waals surface area contributed by atoms with Gasteiger partial charge in [-0.2, -0.15) is 0 Å². The Labute approximate surface area is 430 Å². The van der Waals surface area contributed by atoms with E-state index in [-0.39, 0.29) is 26.4 Å². The molecular weight excluding hydrogens is 929 g/mol. The van der Waals surface area contributed by atoms with Gasteiger partial charge in [-0.05, 0) is 53.0 Å². The molecule has 2 aliphatic heterocycles. The highest BCUT2D eigenvalue weighted by molar-refractivity contribution is 7.99. The minimum absolute atomic E-state index is 0.163. The van der Waals surface area contributed by atoms with Crippen LogP contribution in [0.1, 0.15) is 54.2 Å². The highest BCUT2D eigenvalue weighted by Crippen LogP contribution is 2.39. The van der Waals surface area contributed by atoms with E-state index in [2.05, 4.69) is 43.3 Å². The lowest BCUT2D eigenvalue weighted by Crippen LogP contribution is -2.65. The minimum atomic E-state index is -1.32. The van der Waals surface area contributed by atoms with E-state index in [0.717, 1.165) is 39.1 Å². The third-order valence-electron chi connectivity index (χ3n) is 12.5. The first kappa shape index (κ1) is 53.5. The molecule has 2 saturated heterocycles. The molecule has 6 aromatic rings. The van der Waals surface area contributed by atoms with Gasteiger partial charge >= 0.3 is 0 Å². The first-order valence-electron chi connectivity index (χ1n) is 25.0. The number of hydrogen-bond donors (Lipinski definition) is 0. The summed E-state index contributed by atoms with van der Waals surface area (Å²) < 4.78 is 75.4. The van der Waals surface area contributed by atoms with Crippen molar-refractivity contribution in [1.29, 1.82) is 0 Å². The van der Waals surface area contributed by atoms with Crippen molar-refractivity contribution < 1.29 is 52.1 Å². The van der Waals surface area contributed by atoms with Crippen molar-refractivity contribution in [1.82, 2.24) is 0 Å². The molecule has 2 aliphatic rings. The molecule has 10 atom stereocenters. The second-order valence-electron chi connectivity index (χ2n) is 18.4. The van der Waals surface area contributed by atoms with Gasteiger partial charge in [0.15, 0.2) is 12.1 Å². The van der Waals surface area contributed by atoms with Crippen LogP contribution in [0.3, 0.4) is 0 Å². The van der Waals surface area contributed by atoms with Crippen LogP contribution in [0, 0.1) is 0 Å². The van der Waals surface area contributed by atoms with E-state index in [4.69, 9.17) is 52.1 Å². The van der Waals surface area contributed by atoms with Crippen molar-refractivity contribution in [2.24, 2.45) is 0 Å². The largest absolute Gasteiger partial charge is 0.374 e. The van der Waals surface area contributed by atoms with E-state index in [1.165, 1.54) is 0 Å². The zero-order valence-corrected chi connectivity index (χ0v) is 42.7. The lowest BCUT2D eigenvalue weighted by molar-refractivity contribution is -0.370. The van der Waals surface area contributed by atoms with Crippen LogP contribution in [0.5, 0.6) is 0 Å². The van der Waals surface area contributed by atoms with E-state index < -0.39 is 66.3 Å². The Hall–Kier alpha value is -4.77. The maximum atomic E-state index is 7.37. The van der Waals surface area contributed by atoms with Crippen molar-refractivity contribution in [3.05, 3.63) is 215 Å². The Morgan fingerprint density at radius 3 is 1.12 bits per heavy atom. The predicted molar refractivity (Wildman–Crippen MR) is 279 cm³/mol. The number of methoxy groups -OCH3 is 1. The molecule has 6 aromatic carbocycles. The summed E-state index contributed by atoms with van der Waals surface area (Å²) in [4.78, 5) is 0.